The van der Waals surface area contributed by atoms with Gasteiger partial charge in [0.25, 0.3) is 0 Å². The lowest BCUT2D eigenvalue weighted by Crippen LogP contribution is -2.25. The van der Waals surface area contributed by atoms with Gasteiger partial charge in [-0.2, -0.15) is 0 Å². The summed E-state index contributed by atoms with van der Waals surface area (Å²) in [6.45, 7) is 14.0. The van der Waals surface area contributed by atoms with Crippen molar-refractivity contribution in [2.75, 3.05) is 0 Å². The van der Waals surface area contributed by atoms with E-state index in [0.717, 1.165) is 19.7 Å². The number of nitrogens with zero attached hydrogens (tertiary/aromatic N) is 2. The summed E-state index contributed by atoms with van der Waals surface area (Å²) >= 11 is 3.64. The van der Waals surface area contributed by atoms with Gasteiger partial charge in [-0.1, -0.05) is 379 Å². The molecule has 2 aliphatic rings. The minimum absolute atomic E-state index is 0.0509. The number of aryl methyl sites for hydroxylation is 2. The molecule has 0 aliphatic heterocycles. The smallest absolute Gasteiger partial charge is 0.155 e. The summed E-state index contributed by atoms with van der Waals surface area (Å²) in [6, 6.07) is 29.8. The van der Waals surface area contributed by atoms with Crippen molar-refractivity contribution in [2.45, 2.75) is 335 Å². The SMILES string of the molecule is CCCCCCCCCCCCC1(CCCCCCCCCCCC)c2cc(C)ccc2-c2ccc(-c3nc4sc(-c5ccc6c(c5)C(CCCCCCCCCCCC)(CCCCCCCCCCCC)c5cc(C)ccc5-6)nc4s3)cc21. The maximum Gasteiger partial charge on any atom is 0.155 e. The average molecular weight is 1170 g/mol. The van der Waals surface area contributed by atoms with Gasteiger partial charge in [0.05, 0.1) is 0 Å². The Morgan fingerprint density at radius 1 is 0.274 bits per heavy atom. The molecule has 2 heterocycles. The molecule has 2 aliphatic carbocycles. The molecule has 6 aromatic rings. The molecule has 84 heavy (non-hydrogen) atoms. The Hall–Kier alpha value is -3.60. The van der Waals surface area contributed by atoms with Crippen LogP contribution in [0, 0.1) is 13.8 Å². The van der Waals surface area contributed by atoms with Crippen LogP contribution in [-0.2, 0) is 10.8 Å². The predicted molar refractivity (Wildman–Crippen MR) is 374 cm³/mol. The molecule has 0 saturated heterocycles. The van der Waals surface area contributed by atoms with Gasteiger partial charge < -0.3 is 0 Å². The summed E-state index contributed by atoms with van der Waals surface area (Å²) in [7, 11) is 0. The summed E-state index contributed by atoms with van der Waals surface area (Å²) in [5.74, 6) is 0. The van der Waals surface area contributed by atoms with Crippen LogP contribution in [0.2, 0.25) is 0 Å². The van der Waals surface area contributed by atoms with Crippen LogP contribution < -0.4 is 0 Å². The van der Waals surface area contributed by atoms with Crippen molar-refractivity contribution in [3.8, 4) is 43.4 Å². The number of benzene rings is 4. The van der Waals surface area contributed by atoms with E-state index in [4.69, 9.17) is 9.97 Å². The molecule has 2 aromatic heterocycles. The van der Waals surface area contributed by atoms with E-state index in [1.54, 1.807) is 22.3 Å². The molecule has 0 fully saturated rings. The molecule has 0 radical (unpaired) electrons. The van der Waals surface area contributed by atoms with Crippen molar-refractivity contribution >= 4 is 32.3 Å². The zero-order chi connectivity index (χ0) is 58.7. The molecule has 0 saturated carbocycles. The number of thiazole rings is 2. The Kier molecular flexibility index (Phi) is 28.5. The van der Waals surface area contributed by atoms with Gasteiger partial charge in [0.2, 0.25) is 0 Å². The van der Waals surface area contributed by atoms with E-state index >= 15 is 0 Å². The van der Waals surface area contributed by atoms with Gasteiger partial charge >= 0.3 is 0 Å². The first-order valence-corrected chi connectivity index (χ1v) is 37.8. The zero-order valence-electron chi connectivity index (χ0n) is 54.8. The van der Waals surface area contributed by atoms with Crippen LogP contribution in [0.3, 0.4) is 0 Å². The van der Waals surface area contributed by atoms with Gasteiger partial charge in [0.1, 0.15) is 10.0 Å². The number of aromatic nitrogens is 2. The van der Waals surface area contributed by atoms with E-state index in [1.807, 2.05) is 22.7 Å². The van der Waals surface area contributed by atoms with Crippen LogP contribution in [0.5, 0.6) is 0 Å². The average Bonchev–Trinajstić information content (AvgIpc) is 1.72. The largest absolute Gasteiger partial charge is 0.223 e. The monoisotopic (exact) mass is 1170 g/mol. The topological polar surface area (TPSA) is 25.8 Å². The molecule has 0 N–H and O–H groups in total. The molecule has 0 bridgehead atoms. The minimum atomic E-state index is 0.0509. The first-order chi connectivity index (χ1) is 41.4. The summed E-state index contributed by atoms with van der Waals surface area (Å²) < 4.78 is 0. The minimum Gasteiger partial charge on any atom is -0.223 e. The Morgan fingerprint density at radius 2 is 0.500 bits per heavy atom. The van der Waals surface area contributed by atoms with Crippen molar-refractivity contribution < 1.29 is 0 Å². The fourth-order valence-corrected chi connectivity index (χ4v) is 17.4. The number of hydrogen-bond donors (Lipinski definition) is 0. The highest BCUT2D eigenvalue weighted by Gasteiger charge is 2.44. The number of unbranched alkanes of at least 4 members (excludes halogenated alkanes) is 36. The van der Waals surface area contributed by atoms with Crippen molar-refractivity contribution in [1.82, 2.24) is 9.97 Å². The number of hydrogen-bond acceptors (Lipinski definition) is 4. The fraction of sp³-hybridized carbons (Fsp3) is 0.650. The van der Waals surface area contributed by atoms with Gasteiger partial charge in [-0.15, -0.1) is 0 Å². The number of rotatable bonds is 46. The second kappa shape index (κ2) is 36.0. The lowest BCUT2D eigenvalue weighted by atomic mass is 9.70. The summed E-state index contributed by atoms with van der Waals surface area (Å²) in [5.41, 5.74) is 17.7. The Bertz CT molecular complexity index is 2560. The molecular formula is C80H118N2S2. The van der Waals surface area contributed by atoms with Gasteiger partial charge in [-0.3, -0.25) is 0 Å². The van der Waals surface area contributed by atoms with Gasteiger partial charge in [0.15, 0.2) is 9.66 Å². The standard InChI is InChI=1S/C80H118N2S2/c1-7-11-15-19-23-27-31-35-39-43-55-79(56-44-40-36-32-28-24-20-16-12-8-2)71-59-63(5)47-51-67(71)69-53-49-65(61-73(69)79)75-81-77-78(83-75)82-76(84-77)66-50-54-70-68-52-48-64(6)60-72(68)80(74(70)62-66,57-45-41-37-33-29-25-21-17-13-9-3)58-46-42-38-34-30-26-22-18-14-10-4/h47-54,59-62H,7-46,55-58H2,1-6H3. The molecule has 8 rings (SSSR count). The zero-order valence-corrected chi connectivity index (χ0v) is 56.4. The lowest BCUT2D eigenvalue weighted by molar-refractivity contribution is 0.396. The van der Waals surface area contributed by atoms with Crippen LogP contribution in [0.15, 0.2) is 72.8 Å². The van der Waals surface area contributed by atoms with E-state index in [-0.39, 0.29) is 10.8 Å². The van der Waals surface area contributed by atoms with Crippen LogP contribution in [-0.4, -0.2) is 9.97 Å². The first-order valence-electron chi connectivity index (χ1n) is 36.2. The van der Waals surface area contributed by atoms with Crippen molar-refractivity contribution in [3.63, 3.8) is 0 Å². The van der Waals surface area contributed by atoms with E-state index < -0.39 is 0 Å². The third-order valence-corrected chi connectivity index (χ3v) is 22.5. The Balaban J connectivity index is 1.02. The van der Waals surface area contributed by atoms with Crippen LogP contribution in [0.4, 0.5) is 0 Å². The molecule has 460 valence electrons. The van der Waals surface area contributed by atoms with Crippen LogP contribution in [0.25, 0.3) is 53.1 Å². The van der Waals surface area contributed by atoms with E-state index in [0.29, 0.717) is 0 Å². The third kappa shape index (κ3) is 18.3. The van der Waals surface area contributed by atoms with Crippen LogP contribution in [0.1, 0.15) is 344 Å². The van der Waals surface area contributed by atoms with E-state index in [2.05, 4.69) is 114 Å². The summed E-state index contributed by atoms with van der Waals surface area (Å²) in [4.78, 5) is 13.2. The molecule has 0 unspecified atom stereocenters. The van der Waals surface area contributed by atoms with Crippen molar-refractivity contribution in [3.05, 3.63) is 106 Å². The molecule has 0 amide bonds. The first kappa shape index (κ1) is 66.4. The fourth-order valence-electron chi connectivity index (χ4n) is 15.4. The number of fused-ring (bicyclic) bond motifs is 7. The Morgan fingerprint density at radius 3 is 0.762 bits per heavy atom. The normalized spacial score (nSPS) is 13.7. The van der Waals surface area contributed by atoms with Gasteiger partial charge in [0, 0.05) is 22.0 Å². The quantitative estimate of drug-likeness (QED) is 0.0356. The molecule has 4 heteroatoms. The second-order valence-electron chi connectivity index (χ2n) is 27.2. The molecule has 2 nitrogen and oxygen atoms in total. The van der Waals surface area contributed by atoms with Crippen molar-refractivity contribution in [2.24, 2.45) is 0 Å². The maximum absolute atomic E-state index is 5.52. The predicted octanol–water partition coefficient (Wildman–Crippen LogP) is 27.5. The molecule has 4 aromatic carbocycles. The van der Waals surface area contributed by atoms with Gasteiger partial charge in [-0.25, -0.2) is 9.97 Å². The maximum atomic E-state index is 5.52. The molecule has 0 atom stereocenters. The second-order valence-corrected chi connectivity index (χ2v) is 29.1. The highest BCUT2D eigenvalue weighted by atomic mass is 32.1. The highest BCUT2D eigenvalue weighted by Crippen LogP contribution is 2.57. The van der Waals surface area contributed by atoms with Crippen molar-refractivity contribution in [1.29, 1.82) is 0 Å². The van der Waals surface area contributed by atoms with E-state index in [1.165, 1.54) is 327 Å². The third-order valence-electron chi connectivity index (χ3n) is 20.3. The highest BCUT2D eigenvalue weighted by molar-refractivity contribution is 7.29. The summed E-state index contributed by atoms with van der Waals surface area (Å²) in [5, 5.41) is 2.26. The van der Waals surface area contributed by atoms with Gasteiger partial charge in [-0.05, 0) is 96.2 Å². The van der Waals surface area contributed by atoms with E-state index in [9.17, 15) is 0 Å². The summed E-state index contributed by atoms with van der Waals surface area (Å²) in [6.07, 6.45) is 60.2. The Labute approximate surface area is 523 Å². The lowest BCUT2D eigenvalue weighted by Gasteiger charge is -2.33. The molecule has 0 spiro atoms. The van der Waals surface area contributed by atoms with Crippen LogP contribution >= 0.6 is 22.7 Å². The molecular weight excluding hydrogens is 1050 g/mol.